The first-order valence-electron chi connectivity index (χ1n) is 9.47. The molecule has 158 valence electrons. The van der Waals surface area contributed by atoms with E-state index in [2.05, 4.69) is 5.32 Å². The Morgan fingerprint density at radius 1 is 1.06 bits per heavy atom. The van der Waals surface area contributed by atoms with Crippen LogP contribution in [0, 0.1) is 6.92 Å². The van der Waals surface area contributed by atoms with Crippen LogP contribution >= 0.6 is 23.2 Å². The molecular formula is C23H19Cl2N3O3. The van der Waals surface area contributed by atoms with Crippen molar-refractivity contribution in [2.45, 2.75) is 13.5 Å². The van der Waals surface area contributed by atoms with Crippen molar-refractivity contribution in [1.82, 2.24) is 14.8 Å². The predicted molar refractivity (Wildman–Crippen MR) is 121 cm³/mol. The lowest BCUT2D eigenvalue weighted by Crippen LogP contribution is -2.30. The van der Waals surface area contributed by atoms with Crippen LogP contribution in [0.1, 0.15) is 16.8 Å². The lowest BCUT2D eigenvalue weighted by atomic mass is 10.2. The second-order valence-corrected chi connectivity index (χ2v) is 7.94. The molecule has 0 radical (unpaired) electrons. The zero-order chi connectivity index (χ0) is 22.1. The second kappa shape index (κ2) is 8.49. The quantitative estimate of drug-likeness (QED) is 0.425. The number of carbonyl (C=O) groups is 2. The summed E-state index contributed by atoms with van der Waals surface area (Å²) >= 11 is 12.1. The maximum atomic E-state index is 12.8. The second-order valence-electron chi connectivity index (χ2n) is 7.10. The van der Waals surface area contributed by atoms with E-state index in [1.807, 2.05) is 48.0 Å². The third-order valence-corrected chi connectivity index (χ3v) is 5.59. The zero-order valence-corrected chi connectivity index (χ0v) is 18.4. The van der Waals surface area contributed by atoms with Crippen molar-refractivity contribution >= 4 is 41.2 Å². The molecule has 2 aromatic carbocycles. The molecular weight excluding hydrogens is 437 g/mol. The summed E-state index contributed by atoms with van der Waals surface area (Å²) in [7, 11) is 1.62. The number of aromatic nitrogens is 1. The molecule has 1 aromatic heterocycles. The van der Waals surface area contributed by atoms with Gasteiger partial charge in [0, 0.05) is 27.6 Å². The SMILES string of the molecule is COc1ccc(-n2cc(/C=C3/NC(=O)N(Cc4ccc(Cl)cc4Cl)C3=O)cc2C)cc1. The Kier molecular flexibility index (Phi) is 5.76. The highest BCUT2D eigenvalue weighted by molar-refractivity contribution is 6.35. The summed E-state index contributed by atoms with van der Waals surface area (Å²) in [6.45, 7) is 2.03. The van der Waals surface area contributed by atoms with E-state index >= 15 is 0 Å². The summed E-state index contributed by atoms with van der Waals surface area (Å²) in [6, 6.07) is 14.1. The third-order valence-electron chi connectivity index (χ3n) is 5.00. The summed E-state index contributed by atoms with van der Waals surface area (Å²) in [5.41, 5.74) is 3.59. The Morgan fingerprint density at radius 3 is 2.48 bits per heavy atom. The van der Waals surface area contributed by atoms with Crippen LogP contribution in [-0.2, 0) is 11.3 Å². The van der Waals surface area contributed by atoms with Gasteiger partial charge in [-0.25, -0.2) is 4.79 Å². The molecule has 0 bridgehead atoms. The minimum Gasteiger partial charge on any atom is -0.497 e. The van der Waals surface area contributed by atoms with Gasteiger partial charge >= 0.3 is 6.03 Å². The molecule has 0 atom stereocenters. The highest BCUT2D eigenvalue weighted by atomic mass is 35.5. The number of benzene rings is 2. The fourth-order valence-electron chi connectivity index (χ4n) is 3.40. The number of ether oxygens (including phenoxy) is 1. The van der Waals surface area contributed by atoms with Crippen LogP contribution in [0.5, 0.6) is 5.75 Å². The van der Waals surface area contributed by atoms with Crippen LogP contribution in [0.15, 0.2) is 60.4 Å². The predicted octanol–water partition coefficient (Wildman–Crippen LogP) is 5.19. The fraction of sp³-hybridized carbons (Fsp3) is 0.130. The van der Waals surface area contributed by atoms with Gasteiger partial charge in [-0.3, -0.25) is 9.69 Å². The van der Waals surface area contributed by atoms with Gasteiger partial charge in [0.05, 0.1) is 13.7 Å². The minimum atomic E-state index is -0.492. The van der Waals surface area contributed by atoms with Gasteiger partial charge in [-0.1, -0.05) is 29.3 Å². The largest absolute Gasteiger partial charge is 0.497 e. The molecule has 0 unspecified atom stereocenters. The van der Waals surface area contributed by atoms with Gasteiger partial charge in [-0.2, -0.15) is 0 Å². The summed E-state index contributed by atoms with van der Waals surface area (Å²) in [5, 5.41) is 3.53. The first kappa shape index (κ1) is 21.0. The molecule has 1 aliphatic heterocycles. The van der Waals surface area contributed by atoms with E-state index < -0.39 is 11.9 Å². The summed E-state index contributed by atoms with van der Waals surface area (Å²) in [6.07, 6.45) is 3.57. The highest BCUT2D eigenvalue weighted by Gasteiger charge is 2.34. The van der Waals surface area contributed by atoms with Gasteiger partial charge in [-0.05, 0) is 66.6 Å². The summed E-state index contributed by atoms with van der Waals surface area (Å²) in [5.74, 6) is 0.363. The Morgan fingerprint density at radius 2 is 1.81 bits per heavy atom. The number of nitrogens with zero attached hydrogens (tertiary/aromatic N) is 2. The monoisotopic (exact) mass is 455 g/mol. The van der Waals surface area contributed by atoms with Crippen molar-refractivity contribution < 1.29 is 14.3 Å². The first-order chi connectivity index (χ1) is 14.9. The average molecular weight is 456 g/mol. The van der Waals surface area contributed by atoms with Crippen LogP contribution in [0.3, 0.4) is 0 Å². The van der Waals surface area contributed by atoms with Gasteiger partial charge in [0.1, 0.15) is 11.4 Å². The molecule has 4 rings (SSSR count). The van der Waals surface area contributed by atoms with Crippen LogP contribution in [0.25, 0.3) is 11.8 Å². The smallest absolute Gasteiger partial charge is 0.329 e. The molecule has 8 heteroatoms. The number of hydrogen-bond acceptors (Lipinski definition) is 3. The van der Waals surface area contributed by atoms with Crippen molar-refractivity contribution in [2.75, 3.05) is 7.11 Å². The number of rotatable bonds is 5. The van der Waals surface area contributed by atoms with Crippen LogP contribution in [0.2, 0.25) is 10.0 Å². The number of aryl methyl sites for hydroxylation is 1. The number of halogens is 2. The molecule has 31 heavy (non-hydrogen) atoms. The number of carbonyl (C=O) groups excluding carboxylic acids is 2. The highest BCUT2D eigenvalue weighted by Crippen LogP contribution is 2.25. The lowest BCUT2D eigenvalue weighted by molar-refractivity contribution is -0.123. The number of amides is 3. The van der Waals surface area contributed by atoms with Crippen molar-refractivity contribution in [3.63, 3.8) is 0 Å². The van der Waals surface area contributed by atoms with E-state index in [4.69, 9.17) is 27.9 Å². The van der Waals surface area contributed by atoms with Gasteiger partial charge in [-0.15, -0.1) is 0 Å². The number of hydrogen-bond donors (Lipinski definition) is 1. The molecule has 0 spiro atoms. The normalized spacial score (nSPS) is 15.0. The Hall–Kier alpha value is -3.22. The van der Waals surface area contributed by atoms with Gasteiger partial charge in [0.15, 0.2) is 0 Å². The first-order valence-corrected chi connectivity index (χ1v) is 10.2. The van der Waals surface area contributed by atoms with E-state index in [1.54, 1.807) is 31.4 Å². The Bertz CT molecular complexity index is 1200. The number of urea groups is 1. The van der Waals surface area contributed by atoms with Crippen molar-refractivity contribution in [1.29, 1.82) is 0 Å². The van der Waals surface area contributed by atoms with Crippen LogP contribution in [0.4, 0.5) is 4.79 Å². The van der Waals surface area contributed by atoms with E-state index in [0.717, 1.165) is 27.6 Å². The Labute approximate surface area is 189 Å². The third kappa shape index (κ3) is 4.31. The molecule has 1 aliphatic rings. The van der Waals surface area contributed by atoms with E-state index in [0.29, 0.717) is 15.6 Å². The van der Waals surface area contributed by atoms with Crippen molar-refractivity contribution in [2.24, 2.45) is 0 Å². The van der Waals surface area contributed by atoms with E-state index in [-0.39, 0.29) is 12.2 Å². The van der Waals surface area contributed by atoms with E-state index in [9.17, 15) is 9.59 Å². The molecule has 3 aromatic rings. The fourth-order valence-corrected chi connectivity index (χ4v) is 3.87. The average Bonchev–Trinajstić information content (AvgIpc) is 3.24. The topological polar surface area (TPSA) is 63.6 Å². The Balaban J connectivity index is 1.56. The molecule has 3 amide bonds. The zero-order valence-electron chi connectivity index (χ0n) is 16.9. The molecule has 6 nitrogen and oxygen atoms in total. The number of nitrogens with one attached hydrogen (secondary N) is 1. The van der Waals surface area contributed by atoms with Gasteiger partial charge in [0.25, 0.3) is 5.91 Å². The van der Waals surface area contributed by atoms with Crippen LogP contribution < -0.4 is 10.1 Å². The molecule has 2 heterocycles. The molecule has 1 saturated heterocycles. The molecule has 0 saturated carbocycles. The maximum absolute atomic E-state index is 12.8. The van der Waals surface area contributed by atoms with Crippen molar-refractivity contribution in [3.8, 4) is 11.4 Å². The van der Waals surface area contributed by atoms with Gasteiger partial charge < -0.3 is 14.6 Å². The van der Waals surface area contributed by atoms with Gasteiger partial charge in [0.2, 0.25) is 0 Å². The van der Waals surface area contributed by atoms with Crippen LogP contribution in [-0.4, -0.2) is 28.5 Å². The maximum Gasteiger partial charge on any atom is 0.329 e. The molecule has 1 fully saturated rings. The minimum absolute atomic E-state index is 0.0594. The molecule has 0 aliphatic carbocycles. The van der Waals surface area contributed by atoms with E-state index in [1.165, 1.54) is 0 Å². The standard InChI is InChI=1S/C23H19Cl2N3O3/c1-14-9-15(12-27(14)18-5-7-19(31-2)8-6-18)10-21-22(29)28(23(30)26-21)13-16-3-4-17(24)11-20(16)25/h3-12H,13H2,1-2H3,(H,26,30)/b21-10+. The summed E-state index contributed by atoms with van der Waals surface area (Å²) in [4.78, 5) is 26.3. The lowest BCUT2D eigenvalue weighted by Gasteiger charge is -2.13. The number of imide groups is 1. The molecule has 1 N–H and O–H groups in total. The number of methoxy groups -OCH3 is 1. The van der Waals surface area contributed by atoms with Crippen molar-refractivity contribution in [3.05, 3.63) is 87.3 Å². The summed E-state index contributed by atoms with van der Waals surface area (Å²) < 4.78 is 7.20.